The molecule has 1 heterocycles. The lowest BCUT2D eigenvalue weighted by Crippen LogP contribution is -1.94. The molecule has 0 aliphatic carbocycles. The van der Waals surface area contributed by atoms with E-state index in [1.54, 1.807) is 13.0 Å². The number of ether oxygens (including phenoxy) is 1. The lowest BCUT2D eigenvalue weighted by atomic mass is 10.1. The molecule has 0 saturated carbocycles. The van der Waals surface area contributed by atoms with Crippen LogP contribution in [-0.2, 0) is 0 Å². The van der Waals surface area contributed by atoms with E-state index in [9.17, 15) is 8.78 Å². The number of halogens is 2. The maximum absolute atomic E-state index is 13.6. The second kappa shape index (κ2) is 4.49. The highest BCUT2D eigenvalue weighted by Crippen LogP contribution is 2.26. The van der Waals surface area contributed by atoms with Crippen molar-refractivity contribution in [2.75, 3.05) is 7.11 Å². The van der Waals surface area contributed by atoms with Crippen molar-refractivity contribution in [2.24, 2.45) is 0 Å². The summed E-state index contributed by atoms with van der Waals surface area (Å²) in [7, 11) is 1.51. The van der Waals surface area contributed by atoms with E-state index < -0.39 is 11.6 Å². The van der Waals surface area contributed by atoms with E-state index in [2.05, 4.69) is 4.98 Å². The summed E-state index contributed by atoms with van der Waals surface area (Å²) in [6.45, 7) is 1.80. The Morgan fingerprint density at radius 2 is 2.00 bits per heavy atom. The third kappa shape index (κ3) is 2.11. The highest BCUT2D eigenvalue weighted by molar-refractivity contribution is 5.64. The van der Waals surface area contributed by atoms with Crippen molar-refractivity contribution in [1.29, 1.82) is 0 Å². The zero-order chi connectivity index (χ0) is 12.4. The Hall–Kier alpha value is -1.97. The molecule has 0 amide bonds. The van der Waals surface area contributed by atoms with Gasteiger partial charge in [0.25, 0.3) is 0 Å². The summed E-state index contributed by atoms with van der Waals surface area (Å²) in [6, 6.07) is 5.78. The summed E-state index contributed by atoms with van der Waals surface area (Å²) >= 11 is 0. The van der Waals surface area contributed by atoms with Crippen molar-refractivity contribution in [1.82, 2.24) is 4.98 Å². The van der Waals surface area contributed by atoms with Gasteiger partial charge in [-0.25, -0.2) is 13.8 Å². The van der Waals surface area contributed by atoms with E-state index in [0.717, 1.165) is 11.6 Å². The molecule has 88 valence electrons. The number of aryl methyl sites for hydroxylation is 1. The molecule has 0 saturated heterocycles. The van der Waals surface area contributed by atoms with Gasteiger partial charge in [0.05, 0.1) is 7.11 Å². The maximum Gasteiger partial charge on any atom is 0.215 e. The van der Waals surface area contributed by atoms with Gasteiger partial charge >= 0.3 is 0 Å². The Kier molecular flexibility index (Phi) is 3.04. The van der Waals surface area contributed by atoms with Gasteiger partial charge in [0.15, 0.2) is 11.6 Å². The van der Waals surface area contributed by atoms with Crippen molar-refractivity contribution < 1.29 is 13.5 Å². The van der Waals surface area contributed by atoms with E-state index in [1.807, 2.05) is 0 Å². The van der Waals surface area contributed by atoms with E-state index >= 15 is 0 Å². The summed E-state index contributed by atoms with van der Waals surface area (Å²) in [5, 5.41) is 0. The zero-order valence-electron chi connectivity index (χ0n) is 9.50. The molecule has 4 heteroatoms. The predicted octanol–water partition coefficient (Wildman–Crippen LogP) is 3.34. The van der Waals surface area contributed by atoms with Crippen LogP contribution in [0.1, 0.15) is 5.56 Å². The van der Waals surface area contributed by atoms with Crippen molar-refractivity contribution in [3.8, 4) is 17.0 Å². The Morgan fingerprint density at radius 1 is 1.24 bits per heavy atom. The van der Waals surface area contributed by atoms with Gasteiger partial charge in [-0.15, -0.1) is 0 Å². The number of benzene rings is 1. The van der Waals surface area contributed by atoms with Crippen LogP contribution in [0.2, 0.25) is 0 Å². The van der Waals surface area contributed by atoms with Crippen molar-refractivity contribution in [3.05, 3.63) is 47.7 Å². The minimum absolute atomic E-state index is 0.197. The van der Waals surface area contributed by atoms with Crippen LogP contribution < -0.4 is 4.74 Å². The fraction of sp³-hybridized carbons (Fsp3) is 0.154. The molecule has 17 heavy (non-hydrogen) atoms. The van der Waals surface area contributed by atoms with Gasteiger partial charge in [0, 0.05) is 22.9 Å². The molecule has 0 unspecified atom stereocenters. The van der Waals surface area contributed by atoms with E-state index in [1.165, 1.54) is 25.4 Å². The number of rotatable bonds is 2. The number of methoxy groups -OCH3 is 1. The lowest BCUT2D eigenvalue weighted by molar-refractivity contribution is 0.394. The third-order valence-corrected chi connectivity index (χ3v) is 2.49. The Labute approximate surface area is 97.9 Å². The molecular weight excluding hydrogens is 224 g/mol. The van der Waals surface area contributed by atoms with Crippen molar-refractivity contribution >= 4 is 0 Å². The summed E-state index contributed by atoms with van der Waals surface area (Å²) in [4.78, 5) is 4.03. The Morgan fingerprint density at radius 3 is 2.65 bits per heavy atom. The Bertz CT molecular complexity index is 555. The van der Waals surface area contributed by atoms with Crippen LogP contribution in [0.15, 0.2) is 30.5 Å². The second-order valence-electron chi connectivity index (χ2n) is 3.65. The van der Waals surface area contributed by atoms with Crippen LogP contribution >= 0.6 is 0 Å². The number of hydrogen-bond donors (Lipinski definition) is 0. The van der Waals surface area contributed by atoms with Crippen LogP contribution in [0, 0.1) is 18.6 Å². The maximum atomic E-state index is 13.6. The first-order valence-electron chi connectivity index (χ1n) is 5.08. The van der Waals surface area contributed by atoms with Crippen LogP contribution in [0.5, 0.6) is 5.88 Å². The van der Waals surface area contributed by atoms with Gasteiger partial charge in [0.1, 0.15) is 0 Å². The minimum atomic E-state index is -0.865. The molecule has 0 N–H and O–H groups in total. The fourth-order valence-corrected chi connectivity index (χ4v) is 1.65. The summed E-state index contributed by atoms with van der Waals surface area (Å²) < 4.78 is 31.7. The second-order valence-corrected chi connectivity index (χ2v) is 3.65. The zero-order valence-corrected chi connectivity index (χ0v) is 9.50. The molecular formula is C13H11F2NO. The smallest absolute Gasteiger partial charge is 0.215 e. The van der Waals surface area contributed by atoms with Gasteiger partial charge in [-0.3, -0.25) is 0 Å². The largest absolute Gasteiger partial charge is 0.481 e. The monoisotopic (exact) mass is 235 g/mol. The molecule has 0 aliphatic heterocycles. The fourth-order valence-electron chi connectivity index (χ4n) is 1.65. The molecule has 0 aliphatic rings. The van der Waals surface area contributed by atoms with Gasteiger partial charge < -0.3 is 4.74 Å². The van der Waals surface area contributed by atoms with E-state index in [0.29, 0.717) is 11.4 Å². The molecule has 0 spiro atoms. The minimum Gasteiger partial charge on any atom is -0.481 e. The Balaban J connectivity index is 2.54. The van der Waals surface area contributed by atoms with Gasteiger partial charge in [-0.05, 0) is 19.1 Å². The molecule has 1 aromatic carbocycles. The number of aromatic nitrogens is 1. The van der Waals surface area contributed by atoms with Gasteiger partial charge in [-0.1, -0.05) is 12.1 Å². The number of pyridine rings is 1. The summed E-state index contributed by atoms with van der Waals surface area (Å²) in [5.41, 5.74) is 1.50. The van der Waals surface area contributed by atoms with E-state index in [4.69, 9.17) is 4.74 Å². The average molecular weight is 235 g/mol. The molecule has 0 bridgehead atoms. The number of hydrogen-bond acceptors (Lipinski definition) is 2. The van der Waals surface area contributed by atoms with Crippen molar-refractivity contribution in [2.45, 2.75) is 6.92 Å². The first-order valence-corrected chi connectivity index (χ1v) is 5.08. The molecule has 0 fully saturated rings. The molecule has 1 aromatic heterocycles. The standard InChI is InChI=1S/C13H11F2NO/c1-8-6-9(7-16-13(8)17-2)10-4-3-5-11(14)12(10)15/h3-7H,1-2H3. The van der Waals surface area contributed by atoms with Crippen LogP contribution in [-0.4, -0.2) is 12.1 Å². The van der Waals surface area contributed by atoms with Crippen LogP contribution in [0.3, 0.4) is 0 Å². The average Bonchev–Trinajstić information content (AvgIpc) is 2.32. The first-order chi connectivity index (χ1) is 8.13. The van der Waals surface area contributed by atoms with Crippen LogP contribution in [0.25, 0.3) is 11.1 Å². The lowest BCUT2D eigenvalue weighted by Gasteiger charge is -2.07. The normalized spacial score (nSPS) is 10.4. The van der Waals surface area contributed by atoms with Gasteiger partial charge in [-0.2, -0.15) is 0 Å². The summed E-state index contributed by atoms with van der Waals surface area (Å²) in [5.74, 6) is -1.25. The molecule has 0 atom stereocenters. The third-order valence-electron chi connectivity index (χ3n) is 2.49. The van der Waals surface area contributed by atoms with E-state index in [-0.39, 0.29) is 5.56 Å². The predicted molar refractivity (Wildman–Crippen MR) is 60.9 cm³/mol. The molecule has 2 nitrogen and oxygen atoms in total. The quantitative estimate of drug-likeness (QED) is 0.796. The van der Waals surface area contributed by atoms with Gasteiger partial charge in [0.2, 0.25) is 5.88 Å². The topological polar surface area (TPSA) is 22.1 Å². The molecule has 2 aromatic rings. The SMILES string of the molecule is COc1ncc(-c2cccc(F)c2F)cc1C. The molecule has 0 radical (unpaired) electrons. The highest BCUT2D eigenvalue weighted by atomic mass is 19.2. The van der Waals surface area contributed by atoms with Crippen LogP contribution in [0.4, 0.5) is 8.78 Å². The first kappa shape index (κ1) is 11.5. The summed E-state index contributed by atoms with van der Waals surface area (Å²) in [6.07, 6.45) is 1.46. The number of nitrogens with zero attached hydrogens (tertiary/aromatic N) is 1. The van der Waals surface area contributed by atoms with Crippen molar-refractivity contribution in [3.63, 3.8) is 0 Å². The highest BCUT2D eigenvalue weighted by Gasteiger charge is 2.11. The molecule has 2 rings (SSSR count).